The quantitative estimate of drug-likeness (QED) is 0.337. The molecule has 0 radical (unpaired) electrons. The van der Waals surface area contributed by atoms with Crippen molar-refractivity contribution in [3.63, 3.8) is 0 Å². The van der Waals surface area contributed by atoms with Crippen LogP contribution in [0.4, 0.5) is 5.69 Å². The summed E-state index contributed by atoms with van der Waals surface area (Å²) in [6, 6.07) is 10.0. The lowest BCUT2D eigenvalue weighted by Crippen LogP contribution is -2.26. The van der Waals surface area contributed by atoms with E-state index in [1.54, 1.807) is 0 Å². The van der Waals surface area contributed by atoms with E-state index in [4.69, 9.17) is 0 Å². The van der Waals surface area contributed by atoms with E-state index in [0.717, 1.165) is 14.8 Å². The van der Waals surface area contributed by atoms with E-state index in [-0.39, 0.29) is 24.0 Å². The molecule has 2 aromatic rings. The molecule has 4 N–H and O–H groups in total. The molecule has 1 amide bonds. The lowest BCUT2D eigenvalue weighted by molar-refractivity contribution is -0.119. The molecule has 0 heterocycles. The van der Waals surface area contributed by atoms with Crippen LogP contribution in [0, 0.1) is 10.5 Å². The van der Waals surface area contributed by atoms with Crippen LogP contribution < -0.4 is 10.7 Å². The Balaban J connectivity index is 1.86. The van der Waals surface area contributed by atoms with E-state index in [0.29, 0.717) is 5.56 Å². The molecule has 0 saturated carbocycles. The van der Waals surface area contributed by atoms with Crippen molar-refractivity contribution in [3.8, 4) is 11.5 Å². The van der Waals surface area contributed by atoms with Gasteiger partial charge in [-0.15, -0.1) is 0 Å². The van der Waals surface area contributed by atoms with E-state index in [2.05, 4.69) is 38.4 Å². The Bertz CT molecular complexity index is 747. The summed E-state index contributed by atoms with van der Waals surface area (Å²) >= 11 is 2.23. The molecule has 23 heavy (non-hydrogen) atoms. The van der Waals surface area contributed by atoms with Crippen LogP contribution in [0.5, 0.6) is 11.5 Å². The standard InChI is InChI=1S/C16H16IN3O3/c1-10-6-12(17)3-5-14(10)18-9-16(23)20-19-8-11-2-4-13(21)7-15(11)22/h2-8,18,21-22H,9H2,1H3,(H,20,23)/b19-8+. The van der Waals surface area contributed by atoms with Crippen molar-refractivity contribution in [2.24, 2.45) is 5.10 Å². The number of nitrogens with zero attached hydrogens (tertiary/aromatic N) is 1. The number of anilines is 1. The minimum absolute atomic E-state index is 0.0409. The zero-order valence-corrected chi connectivity index (χ0v) is 14.5. The smallest absolute Gasteiger partial charge is 0.259 e. The topological polar surface area (TPSA) is 94.0 Å². The Kier molecular flexibility index (Phi) is 5.80. The summed E-state index contributed by atoms with van der Waals surface area (Å²) < 4.78 is 1.13. The number of halogens is 1. The van der Waals surface area contributed by atoms with Crippen molar-refractivity contribution >= 4 is 40.4 Å². The second-order valence-corrected chi connectivity index (χ2v) is 6.09. The van der Waals surface area contributed by atoms with Crippen molar-refractivity contribution in [1.82, 2.24) is 5.43 Å². The molecule has 2 aromatic carbocycles. The number of carbonyl (C=O) groups excluding carboxylic acids is 1. The van der Waals surface area contributed by atoms with E-state index >= 15 is 0 Å². The van der Waals surface area contributed by atoms with Gasteiger partial charge in [0.15, 0.2) is 0 Å². The average molecular weight is 425 g/mol. The molecule has 0 saturated heterocycles. The van der Waals surface area contributed by atoms with E-state index in [1.165, 1.54) is 24.4 Å². The maximum absolute atomic E-state index is 11.7. The Hall–Kier alpha value is -2.29. The van der Waals surface area contributed by atoms with Gasteiger partial charge in [0.1, 0.15) is 11.5 Å². The number of phenolic OH excluding ortho intramolecular Hbond substituents is 2. The van der Waals surface area contributed by atoms with E-state index in [1.807, 2.05) is 25.1 Å². The van der Waals surface area contributed by atoms with Crippen LogP contribution in [0.3, 0.4) is 0 Å². The molecule has 0 bridgehead atoms. The highest BCUT2D eigenvalue weighted by atomic mass is 127. The van der Waals surface area contributed by atoms with Crippen molar-refractivity contribution < 1.29 is 15.0 Å². The number of hydrogen-bond acceptors (Lipinski definition) is 5. The molecule has 0 aromatic heterocycles. The number of nitrogens with one attached hydrogen (secondary N) is 2. The van der Waals surface area contributed by atoms with Crippen LogP contribution >= 0.6 is 22.6 Å². The van der Waals surface area contributed by atoms with Crippen molar-refractivity contribution in [2.45, 2.75) is 6.92 Å². The fourth-order valence-corrected chi connectivity index (χ4v) is 2.50. The van der Waals surface area contributed by atoms with Gasteiger partial charge in [-0.25, -0.2) is 5.43 Å². The SMILES string of the molecule is Cc1cc(I)ccc1NCC(=O)N/N=C/c1ccc(O)cc1O. The number of aryl methyl sites for hydroxylation is 1. The Morgan fingerprint density at radius 2 is 2.04 bits per heavy atom. The first-order valence-electron chi connectivity index (χ1n) is 6.79. The Morgan fingerprint density at radius 3 is 2.74 bits per heavy atom. The largest absolute Gasteiger partial charge is 0.508 e. The molecule has 0 aliphatic rings. The lowest BCUT2D eigenvalue weighted by atomic mass is 10.2. The number of hydrazone groups is 1. The summed E-state index contributed by atoms with van der Waals surface area (Å²) in [6.45, 7) is 2.05. The van der Waals surface area contributed by atoms with Crippen LogP contribution in [0.1, 0.15) is 11.1 Å². The van der Waals surface area contributed by atoms with Crippen LogP contribution in [0.25, 0.3) is 0 Å². The third kappa shape index (κ3) is 5.13. The number of carbonyl (C=O) groups is 1. The predicted octanol–water partition coefficient (Wildman–Crippen LogP) is 2.57. The van der Waals surface area contributed by atoms with Crippen LogP contribution in [-0.4, -0.2) is 28.9 Å². The normalized spacial score (nSPS) is 10.7. The third-order valence-electron chi connectivity index (χ3n) is 3.03. The number of rotatable bonds is 5. The molecule has 7 heteroatoms. The Labute approximate surface area is 147 Å². The fraction of sp³-hybridized carbons (Fsp3) is 0.125. The predicted molar refractivity (Wildman–Crippen MR) is 97.9 cm³/mol. The summed E-state index contributed by atoms with van der Waals surface area (Å²) in [5.41, 5.74) is 4.71. The minimum Gasteiger partial charge on any atom is -0.508 e. The number of amides is 1. The minimum atomic E-state index is -0.308. The molecule has 0 fully saturated rings. The molecule has 0 spiro atoms. The maximum Gasteiger partial charge on any atom is 0.259 e. The molecule has 2 rings (SSSR count). The zero-order valence-electron chi connectivity index (χ0n) is 12.4. The van der Waals surface area contributed by atoms with Gasteiger partial charge in [0.25, 0.3) is 5.91 Å². The molecule has 6 nitrogen and oxygen atoms in total. The van der Waals surface area contributed by atoms with Gasteiger partial charge >= 0.3 is 0 Å². The van der Waals surface area contributed by atoms with E-state index in [9.17, 15) is 15.0 Å². The highest BCUT2D eigenvalue weighted by Crippen LogP contribution is 2.20. The molecular formula is C16H16IN3O3. The van der Waals surface area contributed by atoms with Crippen molar-refractivity contribution in [2.75, 3.05) is 11.9 Å². The zero-order chi connectivity index (χ0) is 16.8. The third-order valence-corrected chi connectivity index (χ3v) is 3.71. The molecule has 0 atom stereocenters. The highest BCUT2D eigenvalue weighted by molar-refractivity contribution is 14.1. The molecule has 0 unspecified atom stereocenters. The highest BCUT2D eigenvalue weighted by Gasteiger charge is 2.03. The van der Waals surface area contributed by atoms with Crippen LogP contribution in [0.2, 0.25) is 0 Å². The lowest BCUT2D eigenvalue weighted by Gasteiger charge is -2.08. The molecule has 0 aliphatic heterocycles. The van der Waals surface area contributed by atoms with Crippen molar-refractivity contribution in [1.29, 1.82) is 0 Å². The summed E-state index contributed by atoms with van der Waals surface area (Å²) in [5, 5.41) is 25.6. The summed E-state index contributed by atoms with van der Waals surface area (Å²) in [4.78, 5) is 11.7. The maximum atomic E-state index is 11.7. The monoisotopic (exact) mass is 425 g/mol. The number of benzene rings is 2. The summed E-state index contributed by atoms with van der Waals surface area (Å²) in [7, 11) is 0. The summed E-state index contributed by atoms with van der Waals surface area (Å²) in [6.07, 6.45) is 1.31. The second-order valence-electron chi connectivity index (χ2n) is 4.85. The van der Waals surface area contributed by atoms with Crippen LogP contribution in [0.15, 0.2) is 41.5 Å². The molecular weight excluding hydrogens is 409 g/mol. The molecule has 0 aliphatic carbocycles. The van der Waals surface area contributed by atoms with Gasteiger partial charge in [0, 0.05) is 20.9 Å². The first kappa shape index (κ1) is 17.1. The first-order valence-corrected chi connectivity index (χ1v) is 7.87. The van der Waals surface area contributed by atoms with Gasteiger partial charge in [-0.05, 0) is 65.4 Å². The first-order chi connectivity index (χ1) is 11.0. The van der Waals surface area contributed by atoms with Gasteiger partial charge in [0.05, 0.1) is 12.8 Å². The number of aromatic hydroxyl groups is 2. The van der Waals surface area contributed by atoms with E-state index < -0.39 is 0 Å². The second kappa shape index (κ2) is 7.82. The van der Waals surface area contributed by atoms with Crippen molar-refractivity contribution in [3.05, 3.63) is 51.1 Å². The van der Waals surface area contributed by atoms with Crippen LogP contribution in [-0.2, 0) is 4.79 Å². The Morgan fingerprint density at radius 1 is 1.26 bits per heavy atom. The van der Waals surface area contributed by atoms with Gasteiger partial charge in [-0.3, -0.25) is 4.79 Å². The summed E-state index contributed by atoms with van der Waals surface area (Å²) in [5.74, 6) is -0.464. The van der Waals surface area contributed by atoms with Gasteiger partial charge in [-0.1, -0.05) is 0 Å². The molecule has 120 valence electrons. The average Bonchev–Trinajstić information content (AvgIpc) is 2.48. The fourth-order valence-electron chi connectivity index (χ4n) is 1.86. The van der Waals surface area contributed by atoms with Gasteiger partial charge < -0.3 is 15.5 Å². The van der Waals surface area contributed by atoms with Gasteiger partial charge in [0.2, 0.25) is 0 Å². The van der Waals surface area contributed by atoms with Gasteiger partial charge in [-0.2, -0.15) is 5.10 Å². The number of hydrogen-bond donors (Lipinski definition) is 4. The number of phenols is 2.